The van der Waals surface area contributed by atoms with Crippen molar-refractivity contribution in [1.82, 2.24) is 10.3 Å². The first-order valence-corrected chi connectivity index (χ1v) is 8.45. The van der Waals surface area contributed by atoms with Gasteiger partial charge in [-0.3, -0.25) is 0 Å². The number of hydrogen-bond donors (Lipinski definition) is 1. The Balaban J connectivity index is 2.24. The Hall–Kier alpha value is -1.39. The van der Waals surface area contributed by atoms with Crippen LogP contribution >= 0.6 is 11.3 Å². The largest absolute Gasteiger partial charge is 0.494 e. The Labute approximate surface area is 131 Å². The molecule has 3 nitrogen and oxygen atoms in total. The van der Waals surface area contributed by atoms with Gasteiger partial charge in [-0.1, -0.05) is 32.9 Å². The summed E-state index contributed by atoms with van der Waals surface area (Å²) in [6.07, 6.45) is 0. The maximum atomic E-state index is 5.51. The molecule has 0 aliphatic rings. The second-order valence-electron chi connectivity index (χ2n) is 5.26. The predicted octanol–water partition coefficient (Wildman–Crippen LogP) is 4.36. The molecule has 0 saturated carbocycles. The third-order valence-corrected chi connectivity index (χ3v) is 4.24. The third kappa shape index (κ3) is 4.05. The van der Waals surface area contributed by atoms with Crippen molar-refractivity contribution in [2.75, 3.05) is 13.2 Å². The van der Waals surface area contributed by atoms with E-state index in [1.807, 2.05) is 19.1 Å². The van der Waals surface area contributed by atoms with E-state index in [1.165, 1.54) is 11.3 Å². The normalized spacial score (nSPS) is 12.6. The zero-order valence-corrected chi connectivity index (χ0v) is 14.0. The molecule has 0 radical (unpaired) electrons. The second kappa shape index (κ2) is 7.57. The van der Waals surface area contributed by atoms with Gasteiger partial charge in [-0.25, -0.2) is 4.98 Å². The highest BCUT2D eigenvalue weighted by Gasteiger charge is 2.17. The fourth-order valence-corrected chi connectivity index (χ4v) is 3.25. The number of hydrogen-bond acceptors (Lipinski definition) is 4. The van der Waals surface area contributed by atoms with E-state index in [2.05, 4.69) is 43.6 Å². The summed E-state index contributed by atoms with van der Waals surface area (Å²) in [6, 6.07) is 8.45. The molecule has 2 aromatic rings. The Kier molecular flexibility index (Phi) is 5.76. The van der Waals surface area contributed by atoms with E-state index in [0.717, 1.165) is 17.3 Å². The van der Waals surface area contributed by atoms with E-state index in [-0.39, 0.29) is 6.04 Å². The van der Waals surface area contributed by atoms with Crippen LogP contribution in [0.15, 0.2) is 29.6 Å². The van der Waals surface area contributed by atoms with Crippen molar-refractivity contribution in [2.45, 2.75) is 39.7 Å². The molecule has 4 heteroatoms. The minimum Gasteiger partial charge on any atom is -0.494 e. The van der Waals surface area contributed by atoms with Crippen molar-refractivity contribution in [3.63, 3.8) is 0 Å². The van der Waals surface area contributed by atoms with Crippen molar-refractivity contribution >= 4 is 11.3 Å². The molecule has 1 aromatic carbocycles. The number of thiazole rings is 1. The van der Waals surface area contributed by atoms with Crippen molar-refractivity contribution < 1.29 is 4.74 Å². The molecule has 0 fully saturated rings. The average Bonchev–Trinajstić information content (AvgIpc) is 2.96. The highest BCUT2D eigenvalue weighted by atomic mass is 32.1. The van der Waals surface area contributed by atoms with Crippen LogP contribution in [0.2, 0.25) is 0 Å². The molecule has 0 bridgehead atoms. The lowest BCUT2D eigenvalue weighted by Gasteiger charge is -2.16. The topological polar surface area (TPSA) is 34.1 Å². The first-order valence-electron chi connectivity index (χ1n) is 7.57. The van der Waals surface area contributed by atoms with Crippen molar-refractivity contribution in [2.24, 2.45) is 0 Å². The quantitative estimate of drug-likeness (QED) is 0.825. The van der Waals surface area contributed by atoms with E-state index < -0.39 is 0 Å². The van der Waals surface area contributed by atoms with Crippen LogP contribution in [0.3, 0.4) is 0 Å². The van der Waals surface area contributed by atoms with Crippen LogP contribution in [-0.2, 0) is 0 Å². The molecule has 0 spiro atoms. The number of aromatic nitrogens is 1. The van der Waals surface area contributed by atoms with Gasteiger partial charge in [0.15, 0.2) is 0 Å². The van der Waals surface area contributed by atoms with Gasteiger partial charge in [0.1, 0.15) is 10.8 Å². The zero-order chi connectivity index (χ0) is 15.2. The van der Waals surface area contributed by atoms with E-state index in [0.29, 0.717) is 12.5 Å². The molecule has 1 aromatic heterocycles. The summed E-state index contributed by atoms with van der Waals surface area (Å²) in [4.78, 5) is 4.79. The van der Waals surface area contributed by atoms with Crippen LogP contribution in [0, 0.1) is 0 Å². The summed E-state index contributed by atoms with van der Waals surface area (Å²) < 4.78 is 5.51. The molecular weight excluding hydrogens is 280 g/mol. The van der Waals surface area contributed by atoms with Gasteiger partial charge < -0.3 is 10.1 Å². The third-order valence-electron chi connectivity index (χ3n) is 3.31. The monoisotopic (exact) mass is 304 g/mol. The van der Waals surface area contributed by atoms with E-state index in [1.54, 1.807) is 11.3 Å². The van der Waals surface area contributed by atoms with Crippen LogP contribution in [0.25, 0.3) is 0 Å². The summed E-state index contributed by atoms with van der Waals surface area (Å²) in [5.74, 6) is 1.39. The highest BCUT2D eigenvalue weighted by molar-refractivity contribution is 7.09. The Morgan fingerprint density at radius 3 is 2.43 bits per heavy atom. The highest BCUT2D eigenvalue weighted by Crippen LogP contribution is 2.28. The Bertz CT molecular complexity index is 548. The van der Waals surface area contributed by atoms with Crippen LogP contribution in [0.4, 0.5) is 0 Å². The molecule has 21 heavy (non-hydrogen) atoms. The van der Waals surface area contributed by atoms with E-state index in [9.17, 15) is 0 Å². The van der Waals surface area contributed by atoms with Crippen LogP contribution in [0.5, 0.6) is 5.75 Å². The Morgan fingerprint density at radius 2 is 1.90 bits per heavy atom. The molecule has 1 N–H and O–H groups in total. The van der Waals surface area contributed by atoms with Crippen LogP contribution < -0.4 is 10.1 Å². The molecule has 0 aliphatic heterocycles. The lowest BCUT2D eigenvalue weighted by Crippen LogP contribution is -2.21. The first-order chi connectivity index (χ1) is 10.2. The maximum absolute atomic E-state index is 5.51. The van der Waals surface area contributed by atoms with Gasteiger partial charge in [-0.15, -0.1) is 11.3 Å². The molecule has 2 rings (SSSR count). The number of ether oxygens (including phenoxy) is 1. The molecular formula is C17H24N2OS. The summed E-state index contributed by atoms with van der Waals surface area (Å²) in [5, 5.41) is 6.82. The standard InChI is InChI=1S/C17H24N2OS/c1-5-18-16(17-19-15(11-21-17)12(3)4)13-7-9-14(10-8-13)20-6-2/h7-12,16,18H,5-6H2,1-4H3. The number of nitrogens with zero attached hydrogens (tertiary/aromatic N) is 1. The SMILES string of the molecule is CCNC(c1ccc(OCC)cc1)c1nc(C(C)C)cs1. The van der Waals surface area contributed by atoms with Crippen molar-refractivity contribution in [3.05, 3.63) is 45.9 Å². The van der Waals surface area contributed by atoms with Gasteiger partial charge in [0, 0.05) is 5.38 Å². The molecule has 1 heterocycles. The van der Waals surface area contributed by atoms with Gasteiger partial charge in [0.05, 0.1) is 18.3 Å². The summed E-state index contributed by atoms with van der Waals surface area (Å²) in [6.45, 7) is 10.1. The molecule has 0 saturated heterocycles. The van der Waals surface area contributed by atoms with Gasteiger partial charge in [-0.05, 0) is 37.1 Å². The predicted molar refractivity (Wildman–Crippen MR) is 89.3 cm³/mol. The first kappa shape index (κ1) is 16.0. The molecule has 114 valence electrons. The molecule has 0 amide bonds. The smallest absolute Gasteiger partial charge is 0.119 e. The molecule has 0 aliphatic carbocycles. The van der Waals surface area contributed by atoms with E-state index in [4.69, 9.17) is 9.72 Å². The van der Waals surface area contributed by atoms with Gasteiger partial charge in [0.2, 0.25) is 0 Å². The maximum Gasteiger partial charge on any atom is 0.119 e. The van der Waals surface area contributed by atoms with Gasteiger partial charge >= 0.3 is 0 Å². The van der Waals surface area contributed by atoms with Crippen LogP contribution in [0.1, 0.15) is 55.9 Å². The van der Waals surface area contributed by atoms with E-state index >= 15 is 0 Å². The summed E-state index contributed by atoms with van der Waals surface area (Å²) >= 11 is 1.73. The molecule has 1 atom stereocenters. The minimum atomic E-state index is 0.156. The fraction of sp³-hybridized carbons (Fsp3) is 0.471. The van der Waals surface area contributed by atoms with Crippen LogP contribution in [-0.4, -0.2) is 18.1 Å². The average molecular weight is 304 g/mol. The Morgan fingerprint density at radius 1 is 1.19 bits per heavy atom. The van der Waals surface area contributed by atoms with Gasteiger partial charge in [0.25, 0.3) is 0 Å². The fourth-order valence-electron chi connectivity index (χ4n) is 2.17. The summed E-state index contributed by atoms with van der Waals surface area (Å²) in [7, 11) is 0. The molecule has 1 unspecified atom stereocenters. The second-order valence-corrected chi connectivity index (χ2v) is 6.15. The number of benzene rings is 1. The number of rotatable bonds is 7. The lowest BCUT2D eigenvalue weighted by atomic mass is 10.1. The van der Waals surface area contributed by atoms with Gasteiger partial charge in [-0.2, -0.15) is 0 Å². The number of nitrogens with one attached hydrogen (secondary N) is 1. The lowest BCUT2D eigenvalue weighted by molar-refractivity contribution is 0.340. The van der Waals surface area contributed by atoms with Crippen molar-refractivity contribution in [1.29, 1.82) is 0 Å². The zero-order valence-electron chi connectivity index (χ0n) is 13.2. The minimum absolute atomic E-state index is 0.156. The summed E-state index contributed by atoms with van der Waals surface area (Å²) in [5.41, 5.74) is 2.40. The van der Waals surface area contributed by atoms with Crippen molar-refractivity contribution in [3.8, 4) is 5.75 Å².